The molecule has 2 rings (SSSR count). The van der Waals surface area contributed by atoms with Gasteiger partial charge < -0.3 is 10.6 Å². The molecule has 0 aliphatic heterocycles. The second kappa shape index (κ2) is 7.23. The molecule has 0 bridgehead atoms. The largest absolute Gasteiger partial charge is 0.384 e. The van der Waals surface area contributed by atoms with Gasteiger partial charge in [-0.3, -0.25) is 9.78 Å². The van der Waals surface area contributed by atoms with Crippen LogP contribution < -0.4 is 10.6 Å². The van der Waals surface area contributed by atoms with Gasteiger partial charge in [0.15, 0.2) is 0 Å². The molecule has 2 aromatic heterocycles. The van der Waals surface area contributed by atoms with E-state index < -0.39 is 0 Å². The molecule has 0 atom stereocenters. The van der Waals surface area contributed by atoms with Gasteiger partial charge in [0.05, 0.1) is 11.9 Å². The van der Waals surface area contributed by atoms with Gasteiger partial charge in [0, 0.05) is 31.4 Å². The fourth-order valence-electron chi connectivity index (χ4n) is 1.78. The molecule has 5 nitrogen and oxygen atoms in total. The van der Waals surface area contributed by atoms with Gasteiger partial charge in [-0.2, -0.15) is 0 Å². The fourth-order valence-corrected chi connectivity index (χ4v) is 1.78. The normalized spacial score (nSPS) is 10.1. The van der Waals surface area contributed by atoms with E-state index in [1.54, 1.807) is 18.5 Å². The number of carbonyl (C=O) groups is 1. The number of nitrogens with one attached hydrogen (secondary N) is 2. The predicted octanol–water partition coefficient (Wildman–Crippen LogP) is 1.88. The molecule has 5 heteroatoms. The highest BCUT2D eigenvalue weighted by atomic mass is 16.1. The van der Waals surface area contributed by atoms with Gasteiger partial charge in [0.25, 0.3) is 5.91 Å². The highest BCUT2D eigenvalue weighted by molar-refractivity contribution is 5.92. The Morgan fingerprint density at radius 1 is 1.20 bits per heavy atom. The van der Waals surface area contributed by atoms with E-state index in [1.807, 2.05) is 31.2 Å². The van der Waals surface area contributed by atoms with E-state index in [9.17, 15) is 4.79 Å². The van der Waals surface area contributed by atoms with Crippen molar-refractivity contribution in [3.8, 4) is 0 Å². The molecular weight excluding hydrogens is 252 g/mol. The molecule has 104 valence electrons. The highest BCUT2D eigenvalue weighted by Gasteiger charge is 2.06. The molecular formula is C15H18N4O. The van der Waals surface area contributed by atoms with E-state index in [-0.39, 0.29) is 5.91 Å². The molecule has 1 amide bonds. The summed E-state index contributed by atoms with van der Waals surface area (Å²) in [6, 6.07) is 9.32. The van der Waals surface area contributed by atoms with E-state index >= 15 is 0 Å². The average molecular weight is 270 g/mol. The second-order valence-corrected chi connectivity index (χ2v) is 4.29. The smallest absolute Gasteiger partial charge is 0.269 e. The number of aromatic nitrogens is 2. The number of rotatable bonds is 6. The van der Waals surface area contributed by atoms with Crippen molar-refractivity contribution in [2.45, 2.75) is 13.3 Å². The number of pyridine rings is 2. The number of amides is 1. The Morgan fingerprint density at radius 3 is 2.75 bits per heavy atom. The Balaban J connectivity index is 1.82. The number of hydrogen-bond donors (Lipinski definition) is 2. The maximum Gasteiger partial charge on any atom is 0.269 e. The highest BCUT2D eigenvalue weighted by Crippen LogP contribution is 2.05. The van der Waals surface area contributed by atoms with Gasteiger partial charge in [0.1, 0.15) is 5.69 Å². The molecule has 0 saturated carbocycles. The summed E-state index contributed by atoms with van der Waals surface area (Å²) >= 11 is 0. The summed E-state index contributed by atoms with van der Waals surface area (Å²) in [5.74, 6) is -0.163. The minimum atomic E-state index is -0.163. The first-order valence-corrected chi connectivity index (χ1v) is 6.67. The minimum Gasteiger partial charge on any atom is -0.384 e. The lowest BCUT2D eigenvalue weighted by Gasteiger charge is -2.06. The summed E-state index contributed by atoms with van der Waals surface area (Å²) in [5.41, 5.74) is 2.30. The van der Waals surface area contributed by atoms with Crippen molar-refractivity contribution in [1.82, 2.24) is 15.3 Å². The zero-order chi connectivity index (χ0) is 14.2. The van der Waals surface area contributed by atoms with Gasteiger partial charge >= 0.3 is 0 Å². The Kier molecular flexibility index (Phi) is 5.06. The van der Waals surface area contributed by atoms with Crippen LogP contribution >= 0.6 is 0 Å². The third-order valence-corrected chi connectivity index (χ3v) is 2.77. The summed E-state index contributed by atoms with van der Waals surface area (Å²) < 4.78 is 0. The van der Waals surface area contributed by atoms with E-state index in [0.29, 0.717) is 18.7 Å². The summed E-state index contributed by atoms with van der Waals surface area (Å²) in [5, 5.41) is 5.97. The van der Waals surface area contributed by atoms with Crippen molar-refractivity contribution >= 4 is 11.6 Å². The van der Waals surface area contributed by atoms with Crippen molar-refractivity contribution in [2.24, 2.45) is 0 Å². The van der Waals surface area contributed by atoms with Crippen LogP contribution in [0.3, 0.4) is 0 Å². The molecule has 2 aromatic rings. The van der Waals surface area contributed by atoms with E-state index in [2.05, 4.69) is 20.6 Å². The second-order valence-electron chi connectivity index (χ2n) is 4.29. The van der Waals surface area contributed by atoms with Crippen LogP contribution in [-0.2, 0) is 6.42 Å². The first kappa shape index (κ1) is 14.0. The zero-order valence-corrected chi connectivity index (χ0v) is 11.5. The Hall–Kier alpha value is -2.43. The van der Waals surface area contributed by atoms with Crippen LogP contribution in [0.25, 0.3) is 0 Å². The topological polar surface area (TPSA) is 66.9 Å². The van der Waals surface area contributed by atoms with E-state index in [4.69, 9.17) is 0 Å². The zero-order valence-electron chi connectivity index (χ0n) is 11.5. The molecule has 2 N–H and O–H groups in total. The SMILES string of the molecule is CCNc1ccc(C(=O)NCCc2ccccn2)nc1. The van der Waals surface area contributed by atoms with Crippen molar-refractivity contribution in [3.05, 3.63) is 54.1 Å². The van der Waals surface area contributed by atoms with Gasteiger partial charge in [-0.15, -0.1) is 0 Å². The van der Waals surface area contributed by atoms with Crippen LogP contribution in [-0.4, -0.2) is 29.0 Å². The number of nitrogens with zero attached hydrogens (tertiary/aromatic N) is 2. The fraction of sp³-hybridized carbons (Fsp3) is 0.267. The van der Waals surface area contributed by atoms with Crippen LogP contribution in [0.4, 0.5) is 5.69 Å². The summed E-state index contributed by atoms with van der Waals surface area (Å²) in [7, 11) is 0. The summed E-state index contributed by atoms with van der Waals surface area (Å²) in [6.45, 7) is 3.39. The molecule has 20 heavy (non-hydrogen) atoms. The van der Waals surface area contributed by atoms with E-state index in [1.165, 1.54) is 0 Å². The molecule has 2 heterocycles. The Bertz CT molecular complexity index is 540. The van der Waals surface area contributed by atoms with Crippen molar-refractivity contribution in [3.63, 3.8) is 0 Å². The molecule has 0 radical (unpaired) electrons. The first-order valence-electron chi connectivity index (χ1n) is 6.67. The number of hydrogen-bond acceptors (Lipinski definition) is 4. The van der Waals surface area contributed by atoms with Gasteiger partial charge in [0.2, 0.25) is 0 Å². The molecule has 0 aromatic carbocycles. The minimum absolute atomic E-state index is 0.163. The van der Waals surface area contributed by atoms with Gasteiger partial charge in [-0.05, 0) is 31.2 Å². The summed E-state index contributed by atoms with van der Waals surface area (Å²) in [4.78, 5) is 20.2. The van der Waals surface area contributed by atoms with Crippen molar-refractivity contribution < 1.29 is 4.79 Å². The molecule has 0 aliphatic carbocycles. The Labute approximate surface area is 118 Å². The third kappa shape index (κ3) is 4.05. The number of carbonyl (C=O) groups excluding carboxylic acids is 1. The lowest BCUT2D eigenvalue weighted by Crippen LogP contribution is -2.26. The van der Waals surface area contributed by atoms with Gasteiger partial charge in [-0.25, -0.2) is 4.98 Å². The third-order valence-electron chi connectivity index (χ3n) is 2.77. The Morgan fingerprint density at radius 2 is 2.10 bits per heavy atom. The molecule has 0 unspecified atom stereocenters. The monoisotopic (exact) mass is 270 g/mol. The predicted molar refractivity (Wildman–Crippen MR) is 78.7 cm³/mol. The van der Waals surface area contributed by atoms with Crippen LogP contribution in [0, 0.1) is 0 Å². The van der Waals surface area contributed by atoms with Crippen LogP contribution in [0.5, 0.6) is 0 Å². The van der Waals surface area contributed by atoms with E-state index in [0.717, 1.165) is 17.9 Å². The molecule has 0 saturated heterocycles. The average Bonchev–Trinajstić information content (AvgIpc) is 2.49. The van der Waals surface area contributed by atoms with Crippen LogP contribution in [0.1, 0.15) is 23.1 Å². The van der Waals surface area contributed by atoms with Crippen LogP contribution in [0.2, 0.25) is 0 Å². The maximum atomic E-state index is 11.9. The molecule has 0 aliphatic rings. The maximum absolute atomic E-state index is 11.9. The molecule has 0 fully saturated rings. The van der Waals surface area contributed by atoms with Crippen molar-refractivity contribution in [1.29, 1.82) is 0 Å². The van der Waals surface area contributed by atoms with Crippen LogP contribution in [0.15, 0.2) is 42.7 Å². The number of anilines is 1. The standard InChI is InChI=1S/C15H18N4O/c1-2-16-13-6-7-14(19-11-13)15(20)18-10-8-12-5-3-4-9-17-12/h3-7,9,11,16H,2,8,10H2,1H3,(H,18,20). The molecule has 0 spiro atoms. The summed E-state index contributed by atoms with van der Waals surface area (Å²) in [6.07, 6.45) is 4.12. The first-order chi connectivity index (χ1) is 9.79. The van der Waals surface area contributed by atoms with Gasteiger partial charge in [-0.1, -0.05) is 6.07 Å². The quantitative estimate of drug-likeness (QED) is 0.841. The lowest BCUT2D eigenvalue weighted by atomic mass is 10.2. The lowest BCUT2D eigenvalue weighted by molar-refractivity contribution is 0.0949. The van der Waals surface area contributed by atoms with Crippen molar-refractivity contribution in [2.75, 3.05) is 18.4 Å².